The molecule has 1 atom stereocenters. The van der Waals surface area contributed by atoms with Crippen LogP contribution in [0.4, 0.5) is 5.69 Å². The second-order valence-electron chi connectivity index (χ2n) is 10.4. The Balaban J connectivity index is 1.80. The van der Waals surface area contributed by atoms with Gasteiger partial charge < -0.3 is 10.2 Å². The molecule has 44 heavy (non-hydrogen) atoms. The maximum atomic E-state index is 14.4. The summed E-state index contributed by atoms with van der Waals surface area (Å²) in [6, 6.07) is 28.4. The van der Waals surface area contributed by atoms with Gasteiger partial charge in [0, 0.05) is 19.5 Å². The number of sulfonamides is 1. The highest BCUT2D eigenvalue weighted by Crippen LogP contribution is 2.27. The van der Waals surface area contributed by atoms with Gasteiger partial charge in [-0.05, 0) is 66.4 Å². The van der Waals surface area contributed by atoms with E-state index in [1.807, 2.05) is 50.2 Å². The molecule has 230 valence electrons. The Labute approximate surface area is 269 Å². The zero-order valence-corrected chi connectivity index (χ0v) is 26.9. The molecule has 0 aliphatic carbocycles. The highest BCUT2D eigenvalue weighted by molar-refractivity contribution is 7.92. The van der Waals surface area contributed by atoms with Crippen molar-refractivity contribution in [3.8, 4) is 0 Å². The van der Waals surface area contributed by atoms with E-state index in [1.54, 1.807) is 54.6 Å². The molecule has 0 radical (unpaired) electrons. The summed E-state index contributed by atoms with van der Waals surface area (Å²) in [6.07, 6.45) is 0.931. The molecule has 1 N–H and O–H groups in total. The number of halogens is 2. The van der Waals surface area contributed by atoms with Crippen LogP contribution in [0.1, 0.15) is 30.0 Å². The summed E-state index contributed by atoms with van der Waals surface area (Å²) in [7, 11) is -4.16. The Morgan fingerprint density at radius 2 is 1.50 bits per heavy atom. The first kappa shape index (κ1) is 33.1. The fraction of sp³-hybridized carbons (Fsp3) is 0.235. The zero-order valence-electron chi connectivity index (χ0n) is 24.6. The van der Waals surface area contributed by atoms with Crippen molar-refractivity contribution in [1.82, 2.24) is 10.2 Å². The van der Waals surface area contributed by atoms with Crippen LogP contribution in [0, 0.1) is 6.92 Å². The number of carbonyl (C=O) groups is 2. The largest absolute Gasteiger partial charge is 0.354 e. The van der Waals surface area contributed by atoms with Gasteiger partial charge in [-0.1, -0.05) is 96.9 Å². The van der Waals surface area contributed by atoms with Crippen molar-refractivity contribution in [3.63, 3.8) is 0 Å². The predicted octanol–water partition coefficient (Wildman–Crippen LogP) is 6.66. The van der Waals surface area contributed by atoms with Gasteiger partial charge in [-0.2, -0.15) is 0 Å². The second kappa shape index (κ2) is 15.2. The number of nitrogens with one attached hydrogen (secondary N) is 1. The van der Waals surface area contributed by atoms with Crippen molar-refractivity contribution in [2.75, 3.05) is 17.4 Å². The molecule has 0 aliphatic rings. The Bertz CT molecular complexity index is 1690. The SMILES string of the molecule is CCCNC(=O)[C@@H](Cc1ccccc1)N(Cc1ccc(Cl)c(Cl)c1)C(=O)CN(c1cccc(C)c1)S(=O)(=O)c1ccccc1. The fourth-order valence-corrected chi connectivity index (χ4v) is 6.53. The van der Waals surface area contributed by atoms with Crippen molar-refractivity contribution >= 4 is 50.7 Å². The number of anilines is 1. The minimum atomic E-state index is -4.16. The van der Waals surface area contributed by atoms with E-state index >= 15 is 0 Å². The van der Waals surface area contributed by atoms with Gasteiger partial charge in [0.25, 0.3) is 10.0 Å². The lowest BCUT2D eigenvalue weighted by molar-refractivity contribution is -0.140. The Hall–Kier alpha value is -3.85. The minimum Gasteiger partial charge on any atom is -0.354 e. The summed E-state index contributed by atoms with van der Waals surface area (Å²) in [5, 5.41) is 3.59. The van der Waals surface area contributed by atoms with Crippen molar-refractivity contribution in [3.05, 3.63) is 130 Å². The first-order valence-corrected chi connectivity index (χ1v) is 16.5. The standard InChI is InChI=1S/C34H35Cl2N3O4S/c1-3-19-37-34(41)32(22-26-12-6-4-7-13-26)38(23-27-17-18-30(35)31(36)21-27)33(40)24-39(28-14-10-11-25(2)20-28)44(42,43)29-15-8-5-9-16-29/h4-18,20-21,32H,3,19,22-24H2,1-2H3,(H,37,41)/t32-/m1/s1. The number of aryl methyl sites for hydroxylation is 1. The number of hydrogen-bond donors (Lipinski definition) is 1. The van der Waals surface area contributed by atoms with Gasteiger partial charge in [0.1, 0.15) is 12.6 Å². The molecule has 0 unspecified atom stereocenters. The van der Waals surface area contributed by atoms with Gasteiger partial charge in [-0.25, -0.2) is 8.42 Å². The summed E-state index contributed by atoms with van der Waals surface area (Å²) in [4.78, 5) is 29.6. The zero-order chi connectivity index (χ0) is 31.7. The van der Waals surface area contributed by atoms with Crippen LogP contribution in [0.25, 0.3) is 0 Å². The van der Waals surface area contributed by atoms with Crippen LogP contribution in [0.3, 0.4) is 0 Å². The summed E-state index contributed by atoms with van der Waals surface area (Å²) in [5.41, 5.74) is 2.66. The number of nitrogens with zero attached hydrogens (tertiary/aromatic N) is 2. The Kier molecular flexibility index (Phi) is 11.4. The van der Waals surface area contributed by atoms with Gasteiger partial charge in [-0.15, -0.1) is 0 Å². The van der Waals surface area contributed by atoms with Crippen LogP contribution < -0.4 is 9.62 Å². The molecule has 0 heterocycles. The molecule has 7 nitrogen and oxygen atoms in total. The Morgan fingerprint density at radius 3 is 2.14 bits per heavy atom. The van der Waals surface area contributed by atoms with Crippen molar-refractivity contribution < 1.29 is 18.0 Å². The quantitative estimate of drug-likeness (QED) is 0.175. The lowest BCUT2D eigenvalue weighted by atomic mass is 10.0. The summed E-state index contributed by atoms with van der Waals surface area (Å²) in [5.74, 6) is -0.887. The lowest BCUT2D eigenvalue weighted by Crippen LogP contribution is -2.53. The second-order valence-corrected chi connectivity index (χ2v) is 13.1. The van der Waals surface area contributed by atoms with E-state index in [0.717, 1.165) is 15.4 Å². The molecule has 0 fully saturated rings. The molecule has 0 aromatic heterocycles. The Morgan fingerprint density at radius 1 is 0.818 bits per heavy atom. The molecule has 0 saturated heterocycles. The molecule has 0 spiro atoms. The smallest absolute Gasteiger partial charge is 0.264 e. The molecule has 4 aromatic rings. The molecular weight excluding hydrogens is 617 g/mol. The fourth-order valence-electron chi connectivity index (χ4n) is 4.79. The molecule has 4 aromatic carbocycles. The molecule has 4 rings (SSSR count). The van der Waals surface area contributed by atoms with Crippen molar-refractivity contribution in [1.29, 1.82) is 0 Å². The summed E-state index contributed by atoms with van der Waals surface area (Å²) in [6.45, 7) is 3.69. The average Bonchev–Trinajstić information content (AvgIpc) is 3.02. The van der Waals surface area contributed by atoms with E-state index in [-0.39, 0.29) is 23.8 Å². The van der Waals surface area contributed by atoms with Crippen LogP contribution >= 0.6 is 23.2 Å². The third-order valence-electron chi connectivity index (χ3n) is 7.06. The van der Waals surface area contributed by atoms with Gasteiger partial charge >= 0.3 is 0 Å². The van der Waals surface area contributed by atoms with Crippen LogP contribution in [0.5, 0.6) is 0 Å². The number of hydrogen-bond acceptors (Lipinski definition) is 4. The molecule has 2 amide bonds. The number of rotatable bonds is 13. The van der Waals surface area contributed by atoms with Gasteiger partial charge in [0.05, 0.1) is 20.6 Å². The van der Waals surface area contributed by atoms with Crippen LogP contribution in [-0.4, -0.2) is 44.3 Å². The number of carbonyl (C=O) groups excluding carboxylic acids is 2. The first-order valence-electron chi connectivity index (χ1n) is 14.3. The van der Waals surface area contributed by atoms with E-state index in [1.165, 1.54) is 17.0 Å². The topological polar surface area (TPSA) is 86.8 Å². The van der Waals surface area contributed by atoms with Crippen molar-refractivity contribution in [2.24, 2.45) is 0 Å². The van der Waals surface area contributed by atoms with E-state index in [9.17, 15) is 18.0 Å². The number of amides is 2. The molecule has 10 heteroatoms. The highest BCUT2D eigenvalue weighted by atomic mass is 35.5. The normalized spacial score (nSPS) is 11.9. The first-order chi connectivity index (χ1) is 21.1. The van der Waals surface area contributed by atoms with E-state index in [0.29, 0.717) is 34.3 Å². The van der Waals surface area contributed by atoms with Crippen LogP contribution in [0.2, 0.25) is 10.0 Å². The van der Waals surface area contributed by atoms with Crippen LogP contribution in [-0.2, 0) is 32.6 Å². The number of benzene rings is 4. The van der Waals surface area contributed by atoms with E-state index in [2.05, 4.69) is 5.32 Å². The third kappa shape index (κ3) is 8.40. The van der Waals surface area contributed by atoms with Gasteiger partial charge in [-0.3, -0.25) is 13.9 Å². The van der Waals surface area contributed by atoms with Crippen molar-refractivity contribution in [2.45, 2.75) is 44.2 Å². The highest BCUT2D eigenvalue weighted by Gasteiger charge is 2.34. The third-order valence-corrected chi connectivity index (χ3v) is 9.58. The molecule has 0 bridgehead atoms. The predicted molar refractivity (Wildman–Crippen MR) is 176 cm³/mol. The van der Waals surface area contributed by atoms with Gasteiger partial charge in [0.15, 0.2) is 0 Å². The molecule has 0 saturated carbocycles. The maximum absolute atomic E-state index is 14.4. The maximum Gasteiger partial charge on any atom is 0.264 e. The molecular formula is C34H35Cl2N3O4S. The average molecular weight is 653 g/mol. The monoisotopic (exact) mass is 651 g/mol. The van der Waals surface area contributed by atoms with E-state index in [4.69, 9.17) is 23.2 Å². The minimum absolute atomic E-state index is 0.000189. The summed E-state index contributed by atoms with van der Waals surface area (Å²) >= 11 is 12.5. The van der Waals surface area contributed by atoms with Crippen LogP contribution in [0.15, 0.2) is 108 Å². The van der Waals surface area contributed by atoms with Gasteiger partial charge in [0.2, 0.25) is 11.8 Å². The molecule has 0 aliphatic heterocycles. The van der Waals surface area contributed by atoms with E-state index < -0.39 is 28.5 Å². The lowest BCUT2D eigenvalue weighted by Gasteiger charge is -2.34. The summed E-state index contributed by atoms with van der Waals surface area (Å²) < 4.78 is 29.1.